The van der Waals surface area contributed by atoms with E-state index in [0.717, 1.165) is 16.8 Å². The highest BCUT2D eigenvalue weighted by Crippen LogP contribution is 2.32. The van der Waals surface area contributed by atoms with Gasteiger partial charge in [-0.25, -0.2) is 4.99 Å². The van der Waals surface area contributed by atoms with E-state index in [1.165, 1.54) is 11.8 Å². The highest BCUT2D eigenvalue weighted by atomic mass is 35.5. The molecular weight excluding hydrogens is 379 g/mol. The summed E-state index contributed by atoms with van der Waals surface area (Å²) in [5.74, 6) is 0.423. The summed E-state index contributed by atoms with van der Waals surface area (Å²) in [4.78, 5) is 17.2. The van der Waals surface area contributed by atoms with Crippen LogP contribution in [0.4, 0.5) is 5.69 Å². The number of halogens is 2. The number of methoxy groups -OCH3 is 1. The van der Waals surface area contributed by atoms with Crippen LogP contribution in [0.5, 0.6) is 5.75 Å². The zero-order valence-electron chi connectivity index (χ0n) is 13.5. The van der Waals surface area contributed by atoms with Crippen LogP contribution >= 0.6 is 35.0 Å². The molecule has 0 aromatic heterocycles. The second kappa shape index (κ2) is 7.52. The Morgan fingerprint density at radius 3 is 2.64 bits per heavy atom. The summed E-state index contributed by atoms with van der Waals surface area (Å²) >= 11 is 13.3. The number of nitrogens with one attached hydrogen (secondary N) is 1. The molecule has 1 heterocycles. The van der Waals surface area contributed by atoms with Gasteiger partial charge in [0.25, 0.3) is 5.91 Å². The van der Waals surface area contributed by atoms with Crippen LogP contribution in [0.2, 0.25) is 10.0 Å². The lowest BCUT2D eigenvalue weighted by Crippen LogP contribution is -2.19. The molecule has 4 nitrogen and oxygen atoms in total. The first kappa shape index (κ1) is 17.9. The highest BCUT2D eigenvalue weighted by Gasteiger charge is 2.24. The molecule has 1 aliphatic rings. The van der Waals surface area contributed by atoms with Gasteiger partial charge in [-0.2, -0.15) is 0 Å². The molecule has 0 bridgehead atoms. The minimum Gasteiger partial charge on any atom is -0.496 e. The number of thioether (sulfide) groups is 1. The molecule has 7 heteroatoms. The van der Waals surface area contributed by atoms with Crippen molar-refractivity contribution in [1.82, 2.24) is 5.32 Å². The van der Waals surface area contributed by atoms with Gasteiger partial charge in [0.15, 0.2) is 5.17 Å². The van der Waals surface area contributed by atoms with E-state index in [1.807, 2.05) is 13.0 Å². The van der Waals surface area contributed by atoms with Crippen LogP contribution in [0.25, 0.3) is 6.08 Å². The molecule has 1 fully saturated rings. The van der Waals surface area contributed by atoms with Gasteiger partial charge in [0.2, 0.25) is 0 Å². The molecule has 2 aromatic carbocycles. The summed E-state index contributed by atoms with van der Waals surface area (Å²) in [6.07, 6.45) is 1.73. The first-order chi connectivity index (χ1) is 12.0. The van der Waals surface area contributed by atoms with Crippen LogP contribution in [-0.4, -0.2) is 18.2 Å². The number of carbonyl (C=O) groups is 1. The molecule has 25 heavy (non-hydrogen) atoms. The van der Waals surface area contributed by atoms with Crippen molar-refractivity contribution in [3.05, 3.63) is 62.5 Å². The fourth-order valence-electron chi connectivity index (χ4n) is 2.25. The molecule has 0 unspecified atom stereocenters. The number of ether oxygens (including phenoxy) is 1. The largest absolute Gasteiger partial charge is 0.496 e. The summed E-state index contributed by atoms with van der Waals surface area (Å²) in [5, 5.41) is 4.43. The topological polar surface area (TPSA) is 50.7 Å². The minimum absolute atomic E-state index is 0.217. The number of amidine groups is 1. The number of rotatable bonds is 3. The van der Waals surface area contributed by atoms with Crippen LogP contribution in [0.3, 0.4) is 0 Å². The first-order valence-electron chi connectivity index (χ1n) is 7.35. The summed E-state index contributed by atoms with van der Waals surface area (Å²) < 4.78 is 5.31. The van der Waals surface area contributed by atoms with E-state index in [2.05, 4.69) is 10.3 Å². The fraction of sp³-hybridized carbons (Fsp3) is 0.111. The molecule has 0 radical (unpaired) electrons. The number of amides is 1. The van der Waals surface area contributed by atoms with Gasteiger partial charge in [-0.1, -0.05) is 29.3 Å². The summed E-state index contributed by atoms with van der Waals surface area (Å²) in [6, 6.07) is 10.7. The smallest absolute Gasteiger partial charge is 0.264 e. The maximum Gasteiger partial charge on any atom is 0.264 e. The van der Waals surface area contributed by atoms with E-state index >= 15 is 0 Å². The standard InChI is InChI=1S/C18H14Cl2N2O2S/c1-10-3-4-13(20)9-14(10)21-18-22-17(23)16(25-18)8-11-7-12(19)5-6-15(11)24-2/h3-9H,1-2H3,(H,21,22,23)/b16-8-. The number of nitrogens with zero attached hydrogens (tertiary/aromatic N) is 1. The molecule has 0 aliphatic carbocycles. The Morgan fingerprint density at radius 2 is 1.88 bits per heavy atom. The number of benzene rings is 2. The van der Waals surface area contributed by atoms with E-state index in [4.69, 9.17) is 27.9 Å². The molecule has 0 spiro atoms. The number of aryl methyl sites for hydroxylation is 1. The van der Waals surface area contributed by atoms with Gasteiger partial charge in [-0.15, -0.1) is 0 Å². The molecular formula is C18H14Cl2N2O2S. The Kier molecular flexibility index (Phi) is 5.37. The van der Waals surface area contributed by atoms with Gasteiger partial charge < -0.3 is 10.1 Å². The fourth-order valence-corrected chi connectivity index (χ4v) is 3.42. The monoisotopic (exact) mass is 392 g/mol. The van der Waals surface area contributed by atoms with Crippen molar-refractivity contribution >= 4 is 57.8 Å². The summed E-state index contributed by atoms with van der Waals surface area (Å²) in [7, 11) is 1.57. The van der Waals surface area contributed by atoms with E-state index in [1.54, 1.807) is 43.5 Å². The van der Waals surface area contributed by atoms with Gasteiger partial charge in [-0.3, -0.25) is 4.79 Å². The van der Waals surface area contributed by atoms with E-state index in [-0.39, 0.29) is 5.91 Å². The number of aliphatic imine (C=N–C) groups is 1. The predicted octanol–water partition coefficient (Wildman–Crippen LogP) is 5.20. The average molecular weight is 393 g/mol. The lowest BCUT2D eigenvalue weighted by molar-refractivity contribution is -0.115. The second-order valence-electron chi connectivity index (χ2n) is 5.30. The first-order valence-corrected chi connectivity index (χ1v) is 8.93. The zero-order valence-corrected chi connectivity index (χ0v) is 15.8. The third-order valence-electron chi connectivity index (χ3n) is 3.52. The predicted molar refractivity (Wildman–Crippen MR) is 105 cm³/mol. The van der Waals surface area contributed by atoms with Crippen molar-refractivity contribution in [1.29, 1.82) is 0 Å². The van der Waals surface area contributed by atoms with Crippen molar-refractivity contribution in [3.63, 3.8) is 0 Å². The third-order valence-corrected chi connectivity index (χ3v) is 4.90. The van der Waals surface area contributed by atoms with Crippen molar-refractivity contribution in [3.8, 4) is 5.75 Å². The quantitative estimate of drug-likeness (QED) is 0.729. The van der Waals surface area contributed by atoms with Crippen molar-refractivity contribution in [2.45, 2.75) is 6.92 Å². The van der Waals surface area contributed by atoms with E-state index in [9.17, 15) is 4.79 Å². The lowest BCUT2D eigenvalue weighted by atomic mass is 10.2. The van der Waals surface area contributed by atoms with E-state index in [0.29, 0.717) is 25.9 Å². The summed E-state index contributed by atoms with van der Waals surface area (Å²) in [6.45, 7) is 1.94. The maximum absolute atomic E-state index is 12.2. The Balaban J connectivity index is 1.92. The SMILES string of the molecule is COc1ccc(Cl)cc1/C=C1\SC(=Nc2cc(Cl)ccc2C)NC1=O. The minimum atomic E-state index is -0.217. The molecule has 1 amide bonds. The maximum atomic E-state index is 12.2. The molecule has 1 aliphatic heterocycles. The van der Waals surface area contributed by atoms with E-state index < -0.39 is 0 Å². The molecule has 3 rings (SSSR count). The zero-order chi connectivity index (χ0) is 18.0. The Labute approximate surface area is 159 Å². The third kappa shape index (κ3) is 4.18. The van der Waals surface area contributed by atoms with Crippen LogP contribution in [0.15, 0.2) is 46.3 Å². The van der Waals surface area contributed by atoms with Gasteiger partial charge in [0.05, 0.1) is 17.7 Å². The van der Waals surface area contributed by atoms with Gasteiger partial charge in [0.1, 0.15) is 5.75 Å². The van der Waals surface area contributed by atoms with Gasteiger partial charge in [-0.05, 0) is 60.7 Å². The van der Waals surface area contributed by atoms with Gasteiger partial charge >= 0.3 is 0 Å². The lowest BCUT2D eigenvalue weighted by Gasteiger charge is -2.05. The molecule has 1 saturated heterocycles. The Bertz CT molecular complexity index is 910. The van der Waals surface area contributed by atoms with Crippen LogP contribution in [-0.2, 0) is 4.79 Å². The Morgan fingerprint density at radius 1 is 1.16 bits per heavy atom. The number of hydrogen-bond donors (Lipinski definition) is 1. The average Bonchev–Trinajstić information content (AvgIpc) is 2.91. The number of carbonyl (C=O) groups excluding carboxylic acids is 1. The van der Waals surface area contributed by atoms with Crippen molar-refractivity contribution in [2.75, 3.05) is 7.11 Å². The van der Waals surface area contributed by atoms with Gasteiger partial charge in [0, 0.05) is 15.6 Å². The molecule has 0 saturated carbocycles. The van der Waals surface area contributed by atoms with Crippen molar-refractivity contribution in [2.24, 2.45) is 4.99 Å². The van der Waals surface area contributed by atoms with Crippen LogP contribution in [0, 0.1) is 6.92 Å². The highest BCUT2D eigenvalue weighted by molar-refractivity contribution is 8.18. The molecule has 1 N–H and O–H groups in total. The molecule has 0 atom stereocenters. The van der Waals surface area contributed by atoms with Crippen LogP contribution < -0.4 is 10.1 Å². The second-order valence-corrected chi connectivity index (χ2v) is 7.20. The normalized spacial score (nSPS) is 17.2. The Hall–Kier alpha value is -1.95. The molecule has 128 valence electrons. The van der Waals surface area contributed by atoms with Crippen LogP contribution in [0.1, 0.15) is 11.1 Å². The number of hydrogen-bond acceptors (Lipinski definition) is 4. The molecule has 2 aromatic rings. The van der Waals surface area contributed by atoms with Crippen molar-refractivity contribution < 1.29 is 9.53 Å². The summed E-state index contributed by atoms with van der Waals surface area (Å²) in [5.41, 5.74) is 2.42.